The normalized spacial score (nSPS) is 13.9. The largest absolute Gasteiger partial charge is 0.411 e. The Morgan fingerprint density at radius 3 is 2.43 bits per heavy atom. The van der Waals surface area contributed by atoms with Crippen LogP contribution in [0.2, 0.25) is 0 Å². The summed E-state index contributed by atoms with van der Waals surface area (Å²) >= 11 is 0. The lowest BCUT2D eigenvalue weighted by Crippen LogP contribution is -2.28. The van der Waals surface area contributed by atoms with E-state index < -0.39 is 0 Å². The minimum atomic E-state index is -0.0948. The van der Waals surface area contributed by atoms with Gasteiger partial charge in [-0.05, 0) is 12.3 Å². The number of rotatable bonds is 5. The molecule has 14 heavy (non-hydrogen) atoms. The van der Waals surface area contributed by atoms with E-state index in [1.165, 1.54) is 0 Å². The lowest BCUT2D eigenvalue weighted by atomic mass is 9.79. The third kappa shape index (κ3) is 3.77. The number of hydrogen-bond acceptors (Lipinski definition) is 2. The van der Waals surface area contributed by atoms with E-state index in [-0.39, 0.29) is 11.3 Å². The van der Waals surface area contributed by atoms with E-state index in [4.69, 9.17) is 5.21 Å². The second kappa shape index (κ2) is 5.63. The Hall–Kier alpha value is -1.05. The molecule has 0 bridgehead atoms. The molecule has 0 rings (SSSR count). The van der Waals surface area contributed by atoms with E-state index in [0.29, 0.717) is 0 Å². The average Bonchev–Trinajstić information content (AvgIpc) is 2.04. The maximum Gasteiger partial charge on any atom is 0.0655 e. The van der Waals surface area contributed by atoms with Crippen LogP contribution in [0.4, 0.5) is 0 Å². The molecule has 0 saturated carbocycles. The Bertz CT molecular complexity index is 237. The zero-order valence-electron chi connectivity index (χ0n) is 9.62. The highest BCUT2D eigenvalue weighted by molar-refractivity contribution is 5.90. The van der Waals surface area contributed by atoms with Crippen LogP contribution in [-0.4, -0.2) is 10.9 Å². The van der Waals surface area contributed by atoms with Gasteiger partial charge in [0.1, 0.15) is 0 Å². The summed E-state index contributed by atoms with van der Waals surface area (Å²) in [5.41, 5.74) is 0.744. The van der Waals surface area contributed by atoms with Crippen molar-refractivity contribution >= 4 is 5.71 Å². The SMILES string of the molecule is C=CC=CCC(C)(C)C(=NO)C(C)C. The van der Waals surface area contributed by atoms with Gasteiger partial charge in [0.05, 0.1) is 5.71 Å². The average molecular weight is 195 g/mol. The van der Waals surface area contributed by atoms with Crippen LogP contribution in [0.3, 0.4) is 0 Å². The zero-order valence-corrected chi connectivity index (χ0v) is 9.62. The molecule has 1 N–H and O–H groups in total. The summed E-state index contributed by atoms with van der Waals surface area (Å²) in [6.07, 6.45) is 6.56. The molecule has 0 aromatic carbocycles. The molecule has 0 amide bonds. The summed E-state index contributed by atoms with van der Waals surface area (Å²) in [7, 11) is 0. The predicted octanol–water partition coefficient (Wildman–Crippen LogP) is 3.63. The quantitative estimate of drug-likeness (QED) is 0.309. The van der Waals surface area contributed by atoms with Gasteiger partial charge in [0.15, 0.2) is 0 Å². The topological polar surface area (TPSA) is 32.6 Å². The van der Waals surface area contributed by atoms with Gasteiger partial charge in [-0.25, -0.2) is 0 Å². The molecule has 0 aromatic heterocycles. The first kappa shape index (κ1) is 12.9. The van der Waals surface area contributed by atoms with Crippen molar-refractivity contribution in [3.8, 4) is 0 Å². The van der Waals surface area contributed by atoms with Crippen LogP contribution in [0.1, 0.15) is 34.1 Å². The van der Waals surface area contributed by atoms with Crippen molar-refractivity contribution in [2.45, 2.75) is 34.1 Å². The molecule has 0 spiro atoms. The van der Waals surface area contributed by atoms with Crippen LogP contribution < -0.4 is 0 Å². The molecule has 0 aliphatic heterocycles. The molecule has 0 unspecified atom stereocenters. The summed E-state index contributed by atoms with van der Waals surface area (Å²) in [4.78, 5) is 0. The van der Waals surface area contributed by atoms with Crippen LogP contribution in [-0.2, 0) is 0 Å². The van der Waals surface area contributed by atoms with E-state index in [2.05, 4.69) is 25.6 Å². The Morgan fingerprint density at radius 2 is 2.07 bits per heavy atom. The maximum absolute atomic E-state index is 8.93. The van der Waals surface area contributed by atoms with Crippen molar-refractivity contribution in [2.75, 3.05) is 0 Å². The Morgan fingerprint density at radius 1 is 1.50 bits per heavy atom. The second-order valence-electron chi connectivity index (χ2n) is 4.39. The smallest absolute Gasteiger partial charge is 0.0655 e. The first-order valence-electron chi connectivity index (χ1n) is 4.95. The van der Waals surface area contributed by atoms with Crippen LogP contribution in [0.25, 0.3) is 0 Å². The maximum atomic E-state index is 8.93. The van der Waals surface area contributed by atoms with Crippen LogP contribution >= 0.6 is 0 Å². The highest BCUT2D eigenvalue weighted by Gasteiger charge is 2.26. The van der Waals surface area contributed by atoms with Crippen molar-refractivity contribution in [1.29, 1.82) is 0 Å². The van der Waals surface area contributed by atoms with E-state index in [1.54, 1.807) is 6.08 Å². The summed E-state index contributed by atoms with van der Waals surface area (Å²) in [5, 5.41) is 12.3. The summed E-state index contributed by atoms with van der Waals surface area (Å²) < 4.78 is 0. The summed E-state index contributed by atoms with van der Waals surface area (Å²) in [6, 6.07) is 0. The molecule has 0 aliphatic carbocycles. The first-order valence-corrected chi connectivity index (χ1v) is 4.95. The molecule has 0 radical (unpaired) electrons. The van der Waals surface area contributed by atoms with Crippen molar-refractivity contribution in [3.05, 3.63) is 24.8 Å². The monoisotopic (exact) mass is 195 g/mol. The van der Waals surface area contributed by atoms with Gasteiger partial charge in [0, 0.05) is 5.41 Å². The molecule has 2 nitrogen and oxygen atoms in total. The fourth-order valence-electron chi connectivity index (χ4n) is 1.60. The number of allylic oxidation sites excluding steroid dienone is 3. The number of nitrogens with zero attached hydrogens (tertiary/aromatic N) is 1. The van der Waals surface area contributed by atoms with Crippen molar-refractivity contribution in [1.82, 2.24) is 0 Å². The minimum Gasteiger partial charge on any atom is -0.411 e. The van der Waals surface area contributed by atoms with E-state index >= 15 is 0 Å². The highest BCUT2D eigenvalue weighted by Crippen LogP contribution is 2.27. The van der Waals surface area contributed by atoms with Crippen molar-refractivity contribution < 1.29 is 5.21 Å². The molecule has 0 heterocycles. The van der Waals surface area contributed by atoms with Crippen LogP contribution in [0, 0.1) is 11.3 Å². The number of hydrogen-bond donors (Lipinski definition) is 1. The van der Waals surface area contributed by atoms with Crippen LogP contribution in [0.15, 0.2) is 30.0 Å². The molecular weight excluding hydrogens is 174 g/mol. The van der Waals surface area contributed by atoms with Gasteiger partial charge in [-0.2, -0.15) is 0 Å². The standard InChI is InChI=1S/C12H21NO/c1-6-7-8-9-12(4,5)11(13-14)10(2)3/h6-8,10,14H,1,9H2,2-5H3. The predicted molar refractivity (Wildman–Crippen MR) is 61.8 cm³/mol. The van der Waals surface area contributed by atoms with Gasteiger partial charge in [-0.3, -0.25) is 0 Å². The zero-order chi connectivity index (χ0) is 11.2. The fraction of sp³-hybridized carbons (Fsp3) is 0.583. The van der Waals surface area contributed by atoms with Gasteiger partial charge in [0.2, 0.25) is 0 Å². The molecule has 0 atom stereocenters. The van der Waals surface area contributed by atoms with Gasteiger partial charge in [-0.15, -0.1) is 0 Å². The number of oxime groups is 1. The second-order valence-corrected chi connectivity index (χ2v) is 4.39. The first-order chi connectivity index (χ1) is 6.45. The van der Waals surface area contributed by atoms with E-state index in [0.717, 1.165) is 12.1 Å². The molecular formula is C12H21NO. The van der Waals surface area contributed by atoms with Gasteiger partial charge < -0.3 is 5.21 Å². The minimum absolute atomic E-state index is 0.0948. The van der Waals surface area contributed by atoms with Crippen LogP contribution in [0.5, 0.6) is 0 Å². The summed E-state index contributed by atoms with van der Waals surface area (Å²) in [5.74, 6) is 0.270. The van der Waals surface area contributed by atoms with Crippen molar-refractivity contribution in [3.63, 3.8) is 0 Å². The van der Waals surface area contributed by atoms with E-state index in [1.807, 2.05) is 26.0 Å². The van der Waals surface area contributed by atoms with Gasteiger partial charge >= 0.3 is 0 Å². The molecule has 0 aliphatic rings. The van der Waals surface area contributed by atoms with Crippen molar-refractivity contribution in [2.24, 2.45) is 16.5 Å². The molecule has 0 fully saturated rings. The molecule has 2 heteroatoms. The summed E-state index contributed by atoms with van der Waals surface area (Å²) in [6.45, 7) is 11.8. The fourth-order valence-corrected chi connectivity index (χ4v) is 1.60. The van der Waals surface area contributed by atoms with Gasteiger partial charge in [-0.1, -0.05) is 57.7 Å². The third-order valence-corrected chi connectivity index (χ3v) is 2.25. The van der Waals surface area contributed by atoms with E-state index in [9.17, 15) is 0 Å². The Labute approximate surface area is 87.0 Å². The van der Waals surface area contributed by atoms with Gasteiger partial charge in [0.25, 0.3) is 0 Å². The highest BCUT2D eigenvalue weighted by atomic mass is 16.4. The molecule has 0 aromatic rings. The Kier molecular flexibility index (Phi) is 5.21. The lowest BCUT2D eigenvalue weighted by molar-refractivity contribution is 0.303. The Balaban J connectivity index is 4.58. The molecule has 0 saturated heterocycles. The third-order valence-electron chi connectivity index (χ3n) is 2.25. The lowest BCUT2D eigenvalue weighted by Gasteiger charge is -2.26. The molecule has 80 valence electrons.